The third-order valence-corrected chi connectivity index (χ3v) is 5.01. The first kappa shape index (κ1) is 18.9. The van der Waals surface area contributed by atoms with Crippen molar-refractivity contribution in [3.63, 3.8) is 0 Å². The van der Waals surface area contributed by atoms with Gasteiger partial charge in [0.1, 0.15) is 0 Å². The molecular weight excluding hydrogens is 340 g/mol. The monoisotopic (exact) mass is 366 g/mol. The van der Waals surface area contributed by atoms with Gasteiger partial charge in [0.15, 0.2) is 0 Å². The summed E-state index contributed by atoms with van der Waals surface area (Å²) < 4.78 is 0. The number of nitrogens with zero attached hydrogens (tertiary/aromatic N) is 4. The van der Waals surface area contributed by atoms with Gasteiger partial charge < -0.3 is 14.7 Å². The molecule has 6 nitrogen and oxygen atoms in total. The zero-order valence-electron chi connectivity index (χ0n) is 16.1. The molecule has 0 bridgehead atoms. The quantitative estimate of drug-likeness (QED) is 0.786. The Hall–Kier alpha value is -2.89. The summed E-state index contributed by atoms with van der Waals surface area (Å²) in [4.78, 5) is 34.7. The first-order valence-corrected chi connectivity index (χ1v) is 9.17. The molecule has 2 heterocycles. The zero-order valence-corrected chi connectivity index (χ0v) is 16.1. The Bertz CT molecular complexity index is 790. The average Bonchev–Trinajstić information content (AvgIpc) is 3.08. The Morgan fingerprint density at radius 2 is 1.78 bits per heavy atom. The fourth-order valence-corrected chi connectivity index (χ4v) is 3.32. The predicted octanol–water partition coefficient (Wildman–Crippen LogP) is 2.20. The molecule has 1 unspecified atom stereocenters. The maximum Gasteiger partial charge on any atom is 0.227 e. The van der Waals surface area contributed by atoms with Crippen molar-refractivity contribution >= 4 is 23.2 Å². The van der Waals surface area contributed by atoms with E-state index in [0.29, 0.717) is 13.1 Å². The van der Waals surface area contributed by atoms with E-state index < -0.39 is 0 Å². The number of carbonyl (C=O) groups excluding carboxylic acids is 2. The smallest absolute Gasteiger partial charge is 0.227 e. The molecule has 2 aromatic rings. The van der Waals surface area contributed by atoms with Crippen LogP contribution in [-0.4, -0.2) is 55.9 Å². The van der Waals surface area contributed by atoms with Crippen molar-refractivity contribution in [3.05, 3.63) is 54.4 Å². The fourth-order valence-electron chi connectivity index (χ4n) is 3.32. The molecule has 1 atom stereocenters. The normalized spacial score (nSPS) is 16.5. The van der Waals surface area contributed by atoms with Gasteiger partial charge in [-0.1, -0.05) is 0 Å². The van der Waals surface area contributed by atoms with Gasteiger partial charge in [-0.25, -0.2) is 0 Å². The number of rotatable bonds is 6. The molecule has 1 aromatic carbocycles. The highest BCUT2D eigenvalue weighted by Gasteiger charge is 2.36. The van der Waals surface area contributed by atoms with Crippen molar-refractivity contribution in [1.82, 2.24) is 9.88 Å². The lowest BCUT2D eigenvalue weighted by molar-refractivity contribution is -0.134. The molecule has 0 spiro atoms. The van der Waals surface area contributed by atoms with Crippen molar-refractivity contribution in [2.45, 2.75) is 12.8 Å². The van der Waals surface area contributed by atoms with Crippen LogP contribution in [0.15, 0.2) is 48.8 Å². The maximum atomic E-state index is 12.8. The summed E-state index contributed by atoms with van der Waals surface area (Å²) in [5, 5.41) is 0. The van der Waals surface area contributed by atoms with Gasteiger partial charge in [0.2, 0.25) is 11.8 Å². The van der Waals surface area contributed by atoms with Gasteiger partial charge in [-0.2, -0.15) is 0 Å². The molecule has 1 aromatic heterocycles. The van der Waals surface area contributed by atoms with Crippen LogP contribution in [0.4, 0.5) is 11.4 Å². The Morgan fingerprint density at radius 1 is 1.11 bits per heavy atom. The van der Waals surface area contributed by atoms with E-state index in [4.69, 9.17) is 0 Å². The highest BCUT2D eigenvalue weighted by atomic mass is 16.2. The van der Waals surface area contributed by atoms with E-state index in [9.17, 15) is 9.59 Å². The number of pyridine rings is 1. The predicted molar refractivity (Wildman–Crippen MR) is 107 cm³/mol. The number of carbonyl (C=O) groups is 2. The van der Waals surface area contributed by atoms with E-state index in [1.165, 1.54) is 0 Å². The second-order valence-electron chi connectivity index (χ2n) is 7.18. The molecular formula is C21H26N4O2. The molecule has 1 aliphatic rings. The number of hydrogen-bond acceptors (Lipinski definition) is 4. The molecule has 0 N–H and O–H groups in total. The molecule has 3 rings (SSSR count). The van der Waals surface area contributed by atoms with Crippen LogP contribution < -0.4 is 9.80 Å². The second-order valence-corrected chi connectivity index (χ2v) is 7.18. The lowest BCUT2D eigenvalue weighted by atomic mass is 10.1. The summed E-state index contributed by atoms with van der Waals surface area (Å²) >= 11 is 0. The number of hydrogen-bond donors (Lipinski definition) is 0. The van der Waals surface area contributed by atoms with Crippen molar-refractivity contribution in [2.24, 2.45) is 5.92 Å². The lowest BCUT2D eigenvalue weighted by Gasteiger charge is -2.22. The minimum Gasteiger partial charge on any atom is -0.378 e. The van der Waals surface area contributed by atoms with Crippen molar-refractivity contribution < 1.29 is 9.59 Å². The SMILES string of the molecule is CN(CCc1ccncc1)C(=O)C1CC(=O)N(c2ccc(N(C)C)cc2)C1. The summed E-state index contributed by atoms with van der Waals surface area (Å²) in [6.45, 7) is 1.07. The van der Waals surface area contributed by atoms with Gasteiger partial charge in [0.25, 0.3) is 0 Å². The number of amides is 2. The molecule has 142 valence electrons. The van der Waals surface area contributed by atoms with Gasteiger partial charge in [-0.05, 0) is 48.4 Å². The van der Waals surface area contributed by atoms with Crippen LogP contribution in [0.25, 0.3) is 0 Å². The Balaban J connectivity index is 1.59. The third-order valence-electron chi connectivity index (χ3n) is 5.01. The van der Waals surface area contributed by atoms with E-state index in [1.807, 2.05) is 62.4 Å². The van der Waals surface area contributed by atoms with Gasteiger partial charge in [-0.15, -0.1) is 0 Å². The number of likely N-dealkylation sites (N-methyl/N-ethyl adjacent to an activating group) is 1. The maximum absolute atomic E-state index is 12.8. The molecule has 0 aliphatic carbocycles. The van der Waals surface area contributed by atoms with Crippen LogP contribution in [-0.2, 0) is 16.0 Å². The topological polar surface area (TPSA) is 56.8 Å². The summed E-state index contributed by atoms with van der Waals surface area (Å²) in [7, 11) is 5.77. The molecule has 6 heteroatoms. The van der Waals surface area contributed by atoms with Crippen LogP contribution >= 0.6 is 0 Å². The highest BCUT2D eigenvalue weighted by Crippen LogP contribution is 2.27. The van der Waals surface area contributed by atoms with E-state index in [-0.39, 0.29) is 24.2 Å². The Morgan fingerprint density at radius 3 is 2.41 bits per heavy atom. The van der Waals surface area contributed by atoms with Crippen molar-refractivity contribution in [1.29, 1.82) is 0 Å². The molecule has 27 heavy (non-hydrogen) atoms. The van der Waals surface area contributed by atoms with Gasteiger partial charge in [0, 0.05) is 64.4 Å². The van der Waals surface area contributed by atoms with Crippen molar-refractivity contribution in [3.8, 4) is 0 Å². The van der Waals surface area contributed by atoms with E-state index in [1.54, 1.807) is 22.2 Å². The number of anilines is 2. The number of aromatic nitrogens is 1. The van der Waals surface area contributed by atoms with Crippen molar-refractivity contribution in [2.75, 3.05) is 44.0 Å². The highest BCUT2D eigenvalue weighted by molar-refractivity contribution is 6.00. The molecule has 1 aliphatic heterocycles. The van der Waals surface area contributed by atoms with Crippen LogP contribution in [0, 0.1) is 5.92 Å². The first-order valence-electron chi connectivity index (χ1n) is 9.17. The van der Waals surface area contributed by atoms with E-state index in [0.717, 1.165) is 23.4 Å². The van der Waals surface area contributed by atoms with Gasteiger partial charge in [0.05, 0.1) is 5.92 Å². The van der Waals surface area contributed by atoms with Crippen LogP contribution in [0.1, 0.15) is 12.0 Å². The zero-order chi connectivity index (χ0) is 19.4. The minimum absolute atomic E-state index is 0.00786. The summed E-state index contributed by atoms with van der Waals surface area (Å²) in [5.74, 6) is -0.244. The second kappa shape index (κ2) is 8.20. The Kier molecular flexibility index (Phi) is 5.74. The van der Waals surface area contributed by atoms with Crippen LogP contribution in [0.5, 0.6) is 0 Å². The molecule has 1 saturated heterocycles. The molecule has 1 fully saturated rings. The minimum atomic E-state index is -0.284. The third kappa shape index (κ3) is 4.45. The van der Waals surface area contributed by atoms with Crippen LogP contribution in [0.2, 0.25) is 0 Å². The average molecular weight is 366 g/mol. The van der Waals surface area contributed by atoms with Crippen LogP contribution in [0.3, 0.4) is 0 Å². The molecule has 2 amide bonds. The Labute approximate surface area is 160 Å². The first-order chi connectivity index (χ1) is 13.0. The summed E-state index contributed by atoms with van der Waals surface area (Å²) in [5.41, 5.74) is 3.07. The summed E-state index contributed by atoms with van der Waals surface area (Å²) in [6, 6.07) is 11.8. The fraction of sp³-hybridized carbons (Fsp3) is 0.381. The number of benzene rings is 1. The lowest BCUT2D eigenvalue weighted by Crippen LogP contribution is -2.36. The van der Waals surface area contributed by atoms with Gasteiger partial charge in [-0.3, -0.25) is 14.6 Å². The van der Waals surface area contributed by atoms with Gasteiger partial charge >= 0.3 is 0 Å². The standard InChI is InChI=1S/C21H26N4O2/c1-23(2)18-4-6-19(7-5-18)25-15-17(14-20(25)26)21(27)24(3)13-10-16-8-11-22-12-9-16/h4-9,11-12,17H,10,13-15H2,1-3H3. The molecule has 0 radical (unpaired) electrons. The molecule has 0 saturated carbocycles. The summed E-state index contributed by atoms with van der Waals surface area (Å²) in [6.07, 6.45) is 4.56. The van der Waals surface area contributed by atoms with E-state index in [2.05, 4.69) is 4.98 Å². The van der Waals surface area contributed by atoms with E-state index >= 15 is 0 Å². The largest absolute Gasteiger partial charge is 0.378 e.